The molecular formula is C14H15ClN2O2. The smallest absolute Gasteiger partial charge is 0.414 e. The third kappa shape index (κ3) is 2.21. The molecule has 3 rings (SSSR count). The topological polar surface area (TPSA) is 41.9 Å². The van der Waals surface area contributed by atoms with Gasteiger partial charge < -0.3 is 4.74 Å². The quantitative estimate of drug-likeness (QED) is 0.692. The molecule has 0 aromatic heterocycles. The number of carbonyl (C=O) groups is 1. The van der Waals surface area contributed by atoms with Crippen molar-refractivity contribution >= 4 is 23.4 Å². The monoisotopic (exact) mass is 278 g/mol. The number of rotatable bonds is 1. The number of hydrogen-bond donors (Lipinski definition) is 0. The van der Waals surface area contributed by atoms with Gasteiger partial charge in [-0.3, -0.25) is 9.89 Å². The second-order valence-electron chi connectivity index (χ2n) is 4.66. The Morgan fingerprint density at radius 3 is 3.26 bits per heavy atom. The van der Waals surface area contributed by atoms with Crippen molar-refractivity contribution in [2.45, 2.75) is 24.8 Å². The van der Waals surface area contributed by atoms with E-state index in [1.54, 1.807) is 4.90 Å². The molecule has 19 heavy (non-hydrogen) atoms. The SMILES string of the molecule is CCOC(=O)N1CCC2N=C3C=CC(Cl)C=C3C=C21. The van der Waals surface area contributed by atoms with E-state index in [4.69, 9.17) is 16.3 Å². The minimum Gasteiger partial charge on any atom is -0.449 e. The van der Waals surface area contributed by atoms with Crippen molar-refractivity contribution in [2.24, 2.45) is 4.99 Å². The molecule has 3 aliphatic rings. The van der Waals surface area contributed by atoms with E-state index >= 15 is 0 Å². The van der Waals surface area contributed by atoms with Crippen LogP contribution in [0.5, 0.6) is 0 Å². The molecular weight excluding hydrogens is 264 g/mol. The molecule has 0 radical (unpaired) electrons. The number of aliphatic imine (C=N–C) groups is 1. The van der Waals surface area contributed by atoms with Crippen LogP contribution in [0.3, 0.4) is 0 Å². The van der Waals surface area contributed by atoms with E-state index in [-0.39, 0.29) is 17.5 Å². The fourth-order valence-corrected chi connectivity index (χ4v) is 2.78. The van der Waals surface area contributed by atoms with Gasteiger partial charge in [0, 0.05) is 12.2 Å². The number of carbonyl (C=O) groups excluding carboxylic acids is 1. The van der Waals surface area contributed by atoms with Gasteiger partial charge in [0.2, 0.25) is 0 Å². The van der Waals surface area contributed by atoms with E-state index in [1.807, 2.05) is 31.2 Å². The number of amides is 1. The molecule has 0 bridgehead atoms. The first kappa shape index (κ1) is 12.5. The summed E-state index contributed by atoms with van der Waals surface area (Å²) in [6, 6.07) is 0.0630. The molecule has 100 valence electrons. The maximum Gasteiger partial charge on any atom is 0.414 e. The van der Waals surface area contributed by atoms with E-state index in [9.17, 15) is 4.79 Å². The Morgan fingerprint density at radius 2 is 2.47 bits per heavy atom. The molecule has 0 aromatic carbocycles. The molecule has 1 fully saturated rings. The summed E-state index contributed by atoms with van der Waals surface area (Å²) in [5.41, 5.74) is 2.87. The van der Waals surface area contributed by atoms with Crippen LogP contribution in [0.4, 0.5) is 4.79 Å². The Bertz CT molecular complexity index is 534. The molecule has 2 heterocycles. The Hall–Kier alpha value is -1.55. The Morgan fingerprint density at radius 1 is 1.63 bits per heavy atom. The predicted molar refractivity (Wildman–Crippen MR) is 74.5 cm³/mol. The first-order chi connectivity index (χ1) is 9.19. The largest absolute Gasteiger partial charge is 0.449 e. The Labute approximate surface area is 117 Å². The summed E-state index contributed by atoms with van der Waals surface area (Å²) >= 11 is 6.08. The summed E-state index contributed by atoms with van der Waals surface area (Å²) in [7, 11) is 0. The molecule has 0 spiro atoms. The number of ether oxygens (including phenoxy) is 1. The number of nitrogens with zero attached hydrogens (tertiary/aromatic N) is 2. The van der Waals surface area contributed by atoms with Crippen LogP contribution in [0.25, 0.3) is 0 Å². The highest BCUT2D eigenvalue weighted by atomic mass is 35.5. The van der Waals surface area contributed by atoms with E-state index < -0.39 is 0 Å². The van der Waals surface area contributed by atoms with Crippen LogP contribution in [0.2, 0.25) is 0 Å². The number of hydrogen-bond acceptors (Lipinski definition) is 3. The highest BCUT2D eigenvalue weighted by Crippen LogP contribution is 2.32. The van der Waals surface area contributed by atoms with Crippen molar-refractivity contribution in [2.75, 3.05) is 13.2 Å². The van der Waals surface area contributed by atoms with Crippen LogP contribution in [0, 0.1) is 0 Å². The Kier molecular flexibility index (Phi) is 3.19. The van der Waals surface area contributed by atoms with Crippen LogP contribution < -0.4 is 0 Å². The second kappa shape index (κ2) is 4.85. The minimum absolute atomic E-state index is 0.0630. The summed E-state index contributed by atoms with van der Waals surface area (Å²) in [5, 5.41) is -0.111. The number of halogens is 1. The molecule has 4 nitrogen and oxygen atoms in total. The van der Waals surface area contributed by atoms with Crippen molar-refractivity contribution in [3.05, 3.63) is 35.6 Å². The molecule has 0 saturated carbocycles. The van der Waals surface area contributed by atoms with E-state index in [1.165, 1.54) is 0 Å². The zero-order valence-corrected chi connectivity index (χ0v) is 11.4. The minimum atomic E-state index is -0.288. The van der Waals surface area contributed by atoms with Gasteiger partial charge in [0.1, 0.15) is 0 Å². The number of allylic oxidation sites excluding steroid dienone is 5. The lowest BCUT2D eigenvalue weighted by molar-refractivity contribution is 0.123. The molecule has 1 amide bonds. The van der Waals surface area contributed by atoms with Crippen LogP contribution in [-0.4, -0.2) is 41.3 Å². The van der Waals surface area contributed by atoms with Crippen LogP contribution in [-0.2, 0) is 4.74 Å². The highest BCUT2D eigenvalue weighted by Gasteiger charge is 2.35. The third-order valence-corrected chi connectivity index (χ3v) is 3.71. The van der Waals surface area contributed by atoms with Crippen molar-refractivity contribution in [3.63, 3.8) is 0 Å². The fraction of sp³-hybridized carbons (Fsp3) is 0.429. The number of dihydropyridines is 1. The molecule has 1 aliphatic carbocycles. The summed E-state index contributed by atoms with van der Waals surface area (Å²) in [6.45, 7) is 2.86. The maximum absolute atomic E-state index is 11.9. The van der Waals surface area contributed by atoms with Gasteiger partial charge in [-0.1, -0.05) is 12.2 Å². The lowest BCUT2D eigenvalue weighted by Crippen LogP contribution is -2.30. The molecule has 1 saturated heterocycles. The molecule has 0 N–H and O–H groups in total. The number of likely N-dealkylation sites (tertiary alicyclic amines) is 1. The van der Waals surface area contributed by atoms with Gasteiger partial charge in [-0.2, -0.15) is 0 Å². The summed E-state index contributed by atoms with van der Waals surface area (Å²) in [5.74, 6) is 0. The van der Waals surface area contributed by atoms with Gasteiger partial charge in [0.05, 0.1) is 23.7 Å². The average molecular weight is 279 g/mol. The number of alkyl halides is 1. The van der Waals surface area contributed by atoms with Crippen molar-refractivity contribution in [3.8, 4) is 0 Å². The summed E-state index contributed by atoms with van der Waals surface area (Å²) in [6.07, 6.45) is 8.39. The zero-order valence-electron chi connectivity index (χ0n) is 10.7. The van der Waals surface area contributed by atoms with Crippen molar-refractivity contribution in [1.29, 1.82) is 0 Å². The van der Waals surface area contributed by atoms with Crippen LogP contribution >= 0.6 is 11.6 Å². The number of fused-ring (bicyclic) bond motifs is 2. The first-order valence-electron chi connectivity index (χ1n) is 6.47. The van der Waals surface area contributed by atoms with E-state index in [2.05, 4.69) is 4.99 Å². The van der Waals surface area contributed by atoms with Gasteiger partial charge in [0.15, 0.2) is 0 Å². The van der Waals surface area contributed by atoms with Gasteiger partial charge in [-0.05, 0) is 31.1 Å². The van der Waals surface area contributed by atoms with Crippen LogP contribution in [0.15, 0.2) is 40.6 Å². The lowest BCUT2D eigenvalue weighted by atomic mass is 9.97. The maximum atomic E-state index is 11.9. The van der Waals surface area contributed by atoms with Gasteiger partial charge in [-0.15, -0.1) is 11.6 Å². The van der Waals surface area contributed by atoms with Gasteiger partial charge >= 0.3 is 6.09 Å². The third-order valence-electron chi connectivity index (χ3n) is 3.44. The summed E-state index contributed by atoms with van der Waals surface area (Å²) in [4.78, 5) is 18.2. The molecule has 2 aliphatic heterocycles. The lowest BCUT2D eigenvalue weighted by Gasteiger charge is -2.24. The molecule has 2 unspecified atom stereocenters. The van der Waals surface area contributed by atoms with Crippen molar-refractivity contribution in [1.82, 2.24) is 4.90 Å². The first-order valence-corrected chi connectivity index (χ1v) is 6.91. The normalized spacial score (nSPS) is 28.1. The molecule has 5 heteroatoms. The molecule has 2 atom stereocenters. The highest BCUT2D eigenvalue weighted by molar-refractivity contribution is 6.25. The predicted octanol–water partition coefficient (Wildman–Crippen LogP) is 2.66. The van der Waals surface area contributed by atoms with Crippen LogP contribution in [0.1, 0.15) is 13.3 Å². The molecule has 0 aromatic rings. The standard InChI is InChI=1S/C14H15ClN2O2/c1-2-19-14(18)17-6-5-12-13(17)8-9-7-10(15)3-4-11(9)16-12/h3-4,7-8,10,12H,2,5-6H2,1H3. The zero-order chi connectivity index (χ0) is 13.4. The van der Waals surface area contributed by atoms with Crippen molar-refractivity contribution < 1.29 is 9.53 Å². The van der Waals surface area contributed by atoms with Gasteiger partial charge in [-0.25, -0.2) is 4.79 Å². The second-order valence-corrected chi connectivity index (χ2v) is 5.17. The Balaban J connectivity index is 1.89. The van der Waals surface area contributed by atoms with E-state index in [0.717, 1.165) is 23.4 Å². The fourth-order valence-electron chi connectivity index (χ4n) is 2.57. The average Bonchev–Trinajstić information content (AvgIpc) is 2.79. The van der Waals surface area contributed by atoms with Gasteiger partial charge in [0.25, 0.3) is 0 Å². The van der Waals surface area contributed by atoms with E-state index in [0.29, 0.717) is 13.2 Å². The summed E-state index contributed by atoms with van der Waals surface area (Å²) < 4.78 is 5.07.